The average Bonchev–Trinajstić information content (AvgIpc) is 3.30. The average molecular weight is 468 g/mol. The third kappa shape index (κ3) is 5.46. The Bertz CT molecular complexity index is 1140. The first-order valence-corrected chi connectivity index (χ1v) is 12.7. The number of piperidine rings is 1. The molecule has 1 atom stereocenters. The van der Waals surface area contributed by atoms with E-state index in [1.807, 2.05) is 42.5 Å². The molecule has 0 radical (unpaired) electrons. The number of amides is 2. The van der Waals surface area contributed by atoms with E-state index < -0.39 is 6.04 Å². The van der Waals surface area contributed by atoms with Crippen LogP contribution in [0.2, 0.25) is 0 Å². The Hall–Kier alpha value is -3.44. The standard InChI is InChI=1S/C30H33N3O2/c34-29(31-17-20-32-18-15-24(16-19-32)21-23-9-3-1-4-10-23)28-22-26-13-7-8-14-27(26)33(28)30(35)25-11-5-2-6-12-25/h1-14,24,28H,15-22H2,(H,31,34)/t28-/m0/s1. The summed E-state index contributed by atoms with van der Waals surface area (Å²) in [6.07, 6.45) is 4.09. The number of hydrogen-bond acceptors (Lipinski definition) is 3. The van der Waals surface area contributed by atoms with Crippen LogP contribution in [0.15, 0.2) is 84.9 Å². The molecule has 2 aliphatic heterocycles. The van der Waals surface area contributed by atoms with Crippen LogP contribution in [0.5, 0.6) is 0 Å². The van der Waals surface area contributed by atoms with Crippen molar-refractivity contribution in [3.05, 3.63) is 102 Å². The number of hydrogen-bond donors (Lipinski definition) is 1. The lowest BCUT2D eigenvalue weighted by Gasteiger charge is -2.32. The lowest BCUT2D eigenvalue weighted by molar-refractivity contribution is -0.122. The molecule has 2 heterocycles. The van der Waals surface area contributed by atoms with Gasteiger partial charge in [-0.25, -0.2) is 0 Å². The van der Waals surface area contributed by atoms with E-state index in [0.29, 0.717) is 18.5 Å². The number of nitrogens with zero attached hydrogens (tertiary/aromatic N) is 2. The van der Waals surface area contributed by atoms with Gasteiger partial charge in [-0.2, -0.15) is 0 Å². The lowest BCUT2D eigenvalue weighted by atomic mass is 9.90. The summed E-state index contributed by atoms with van der Waals surface area (Å²) in [6, 6.07) is 27.3. The highest BCUT2D eigenvalue weighted by Crippen LogP contribution is 2.33. The number of carbonyl (C=O) groups is 2. The highest BCUT2D eigenvalue weighted by Gasteiger charge is 2.38. The molecular formula is C30H33N3O2. The molecule has 3 aromatic rings. The second-order valence-electron chi connectivity index (χ2n) is 9.66. The zero-order chi connectivity index (χ0) is 24.0. The predicted octanol–water partition coefficient (Wildman–Crippen LogP) is 4.33. The van der Waals surface area contributed by atoms with E-state index in [9.17, 15) is 9.59 Å². The van der Waals surface area contributed by atoms with E-state index in [1.165, 1.54) is 18.4 Å². The van der Waals surface area contributed by atoms with Crippen LogP contribution in [0.3, 0.4) is 0 Å². The number of fused-ring (bicyclic) bond motifs is 1. The summed E-state index contributed by atoms with van der Waals surface area (Å²) in [6.45, 7) is 3.58. The third-order valence-electron chi connectivity index (χ3n) is 7.32. The Morgan fingerprint density at radius 1 is 0.829 bits per heavy atom. The normalized spacial score (nSPS) is 18.3. The van der Waals surface area contributed by atoms with Crippen molar-refractivity contribution in [2.24, 2.45) is 5.92 Å². The molecule has 2 amide bonds. The summed E-state index contributed by atoms with van der Waals surface area (Å²) < 4.78 is 0. The first-order valence-electron chi connectivity index (χ1n) is 12.7. The maximum atomic E-state index is 13.3. The van der Waals surface area contributed by atoms with Crippen molar-refractivity contribution in [3.63, 3.8) is 0 Å². The molecule has 5 heteroatoms. The minimum absolute atomic E-state index is 0.0792. The van der Waals surface area contributed by atoms with Crippen molar-refractivity contribution < 1.29 is 9.59 Å². The molecule has 180 valence electrons. The molecule has 1 saturated heterocycles. The second kappa shape index (κ2) is 10.9. The van der Waals surface area contributed by atoms with E-state index in [0.717, 1.165) is 43.2 Å². The van der Waals surface area contributed by atoms with Crippen molar-refractivity contribution in [3.8, 4) is 0 Å². The van der Waals surface area contributed by atoms with E-state index in [1.54, 1.807) is 17.0 Å². The Balaban J connectivity index is 1.14. The zero-order valence-electron chi connectivity index (χ0n) is 20.1. The Morgan fingerprint density at radius 2 is 1.49 bits per heavy atom. The molecule has 0 aromatic heterocycles. The van der Waals surface area contributed by atoms with Crippen LogP contribution in [0, 0.1) is 5.92 Å². The Kier molecular flexibility index (Phi) is 7.24. The highest BCUT2D eigenvalue weighted by atomic mass is 16.2. The first-order chi connectivity index (χ1) is 17.2. The molecule has 5 rings (SSSR count). The van der Waals surface area contributed by atoms with Crippen LogP contribution in [0.1, 0.15) is 34.3 Å². The van der Waals surface area contributed by atoms with Gasteiger partial charge in [0.1, 0.15) is 6.04 Å². The Labute approximate surface area is 207 Å². The van der Waals surface area contributed by atoms with Crippen LogP contribution in [0.25, 0.3) is 0 Å². The molecule has 0 bridgehead atoms. The molecule has 3 aromatic carbocycles. The van der Waals surface area contributed by atoms with E-state index >= 15 is 0 Å². The summed E-state index contributed by atoms with van der Waals surface area (Å²) >= 11 is 0. The molecular weight excluding hydrogens is 434 g/mol. The van der Waals surface area contributed by atoms with Gasteiger partial charge in [-0.15, -0.1) is 0 Å². The largest absolute Gasteiger partial charge is 0.353 e. The fourth-order valence-electron chi connectivity index (χ4n) is 5.38. The first kappa shape index (κ1) is 23.3. The van der Waals surface area contributed by atoms with Gasteiger partial charge in [0, 0.05) is 30.8 Å². The van der Waals surface area contributed by atoms with E-state index in [4.69, 9.17) is 0 Å². The van der Waals surface area contributed by atoms with Gasteiger partial charge in [0.2, 0.25) is 5.91 Å². The fourth-order valence-corrected chi connectivity index (χ4v) is 5.38. The smallest absolute Gasteiger partial charge is 0.259 e. The highest BCUT2D eigenvalue weighted by molar-refractivity contribution is 6.11. The van der Waals surface area contributed by atoms with Crippen LogP contribution in [-0.4, -0.2) is 48.9 Å². The van der Waals surface area contributed by atoms with Gasteiger partial charge >= 0.3 is 0 Å². The molecule has 1 N–H and O–H groups in total. The third-order valence-corrected chi connectivity index (χ3v) is 7.32. The van der Waals surface area contributed by atoms with Crippen LogP contribution in [-0.2, 0) is 17.6 Å². The van der Waals surface area contributed by atoms with Gasteiger partial charge in [-0.1, -0.05) is 66.7 Å². The summed E-state index contributed by atoms with van der Waals surface area (Å²) in [7, 11) is 0. The molecule has 0 unspecified atom stereocenters. The number of likely N-dealkylation sites (tertiary alicyclic amines) is 1. The molecule has 0 aliphatic carbocycles. The van der Waals surface area contributed by atoms with E-state index in [2.05, 4.69) is 40.5 Å². The zero-order valence-corrected chi connectivity index (χ0v) is 20.1. The number of nitrogens with one attached hydrogen (secondary N) is 1. The van der Waals surface area contributed by atoms with Crippen molar-refractivity contribution >= 4 is 17.5 Å². The maximum absolute atomic E-state index is 13.3. The van der Waals surface area contributed by atoms with Crippen LogP contribution < -0.4 is 10.2 Å². The number of benzene rings is 3. The van der Waals surface area contributed by atoms with E-state index in [-0.39, 0.29) is 11.8 Å². The molecule has 0 spiro atoms. The van der Waals surface area contributed by atoms with Crippen LogP contribution in [0.4, 0.5) is 5.69 Å². The minimum Gasteiger partial charge on any atom is -0.353 e. The maximum Gasteiger partial charge on any atom is 0.259 e. The van der Waals surface area contributed by atoms with Gasteiger partial charge in [-0.05, 0) is 67.6 Å². The lowest BCUT2D eigenvalue weighted by Crippen LogP contribution is -2.49. The SMILES string of the molecule is O=C(NCCN1CCC(Cc2ccccc2)CC1)[C@@H]1Cc2ccccc2N1C(=O)c1ccccc1. The second-order valence-corrected chi connectivity index (χ2v) is 9.66. The minimum atomic E-state index is -0.517. The van der Waals surface area contributed by atoms with Gasteiger partial charge in [0.15, 0.2) is 0 Å². The number of anilines is 1. The van der Waals surface area contributed by atoms with Crippen molar-refractivity contribution in [2.75, 3.05) is 31.1 Å². The molecule has 35 heavy (non-hydrogen) atoms. The molecule has 2 aliphatic rings. The number of carbonyl (C=O) groups excluding carboxylic acids is 2. The Morgan fingerprint density at radius 3 is 2.23 bits per heavy atom. The summed E-state index contributed by atoms with van der Waals surface area (Å²) in [5.74, 6) is 0.526. The van der Waals surface area contributed by atoms with Crippen LogP contribution >= 0.6 is 0 Å². The van der Waals surface area contributed by atoms with Gasteiger partial charge in [-0.3, -0.25) is 14.5 Å². The summed E-state index contributed by atoms with van der Waals surface area (Å²) in [5, 5.41) is 3.12. The summed E-state index contributed by atoms with van der Waals surface area (Å²) in [4.78, 5) is 30.7. The monoisotopic (exact) mass is 467 g/mol. The number of para-hydroxylation sites is 1. The topological polar surface area (TPSA) is 52.7 Å². The molecule has 5 nitrogen and oxygen atoms in total. The van der Waals surface area contributed by atoms with Crippen molar-refractivity contribution in [2.45, 2.75) is 31.7 Å². The predicted molar refractivity (Wildman–Crippen MR) is 140 cm³/mol. The van der Waals surface area contributed by atoms with Gasteiger partial charge in [0.05, 0.1) is 0 Å². The van der Waals surface area contributed by atoms with Gasteiger partial charge in [0.25, 0.3) is 5.91 Å². The summed E-state index contributed by atoms with van der Waals surface area (Å²) in [5.41, 5.74) is 3.89. The van der Waals surface area contributed by atoms with Gasteiger partial charge < -0.3 is 10.2 Å². The fraction of sp³-hybridized carbons (Fsp3) is 0.333. The number of rotatable bonds is 7. The van der Waals surface area contributed by atoms with Crippen molar-refractivity contribution in [1.29, 1.82) is 0 Å². The quantitative estimate of drug-likeness (QED) is 0.563. The van der Waals surface area contributed by atoms with Crippen molar-refractivity contribution in [1.82, 2.24) is 10.2 Å². The molecule has 0 saturated carbocycles. The molecule has 1 fully saturated rings.